The summed E-state index contributed by atoms with van der Waals surface area (Å²) in [6.07, 6.45) is 2.35. The summed E-state index contributed by atoms with van der Waals surface area (Å²) in [6, 6.07) is 0. The van der Waals surface area contributed by atoms with Gasteiger partial charge in [0.2, 0.25) is 0 Å². The molecule has 0 aliphatic carbocycles. The van der Waals surface area contributed by atoms with Crippen molar-refractivity contribution in [2.24, 2.45) is 5.41 Å². The molecule has 0 aromatic heterocycles. The van der Waals surface area contributed by atoms with Crippen LogP contribution in [0.3, 0.4) is 0 Å². The van der Waals surface area contributed by atoms with Crippen LogP contribution in [-0.4, -0.2) is 19.4 Å². The lowest BCUT2D eigenvalue weighted by Gasteiger charge is -2.19. The summed E-state index contributed by atoms with van der Waals surface area (Å²) >= 11 is 0. The molecule has 0 N–H and O–H groups in total. The predicted octanol–water partition coefficient (Wildman–Crippen LogP) is 3.49. The monoisotopic (exact) mass is 176 g/mol. The SMILES string of the molecule is CCP(C)OCCC(C)(C)C. The first-order chi connectivity index (χ1) is 4.95. The van der Waals surface area contributed by atoms with E-state index in [4.69, 9.17) is 4.52 Å². The van der Waals surface area contributed by atoms with E-state index in [9.17, 15) is 0 Å². The minimum atomic E-state index is -0.131. The fourth-order valence-electron chi connectivity index (χ4n) is 0.599. The van der Waals surface area contributed by atoms with Gasteiger partial charge in [-0.1, -0.05) is 27.7 Å². The first kappa shape index (κ1) is 11.4. The summed E-state index contributed by atoms with van der Waals surface area (Å²) in [5.41, 5.74) is 0.421. The van der Waals surface area contributed by atoms with Crippen LogP contribution in [0.1, 0.15) is 34.1 Å². The smallest absolute Gasteiger partial charge is 0.0513 e. The summed E-state index contributed by atoms with van der Waals surface area (Å²) in [6.45, 7) is 12.1. The molecule has 0 saturated carbocycles. The first-order valence-electron chi connectivity index (χ1n) is 4.30. The molecule has 0 aliphatic rings. The molecule has 1 unspecified atom stereocenters. The van der Waals surface area contributed by atoms with Crippen molar-refractivity contribution < 1.29 is 4.52 Å². The molecule has 1 atom stereocenters. The maximum absolute atomic E-state index is 5.63. The second-order valence-corrected chi connectivity index (χ2v) is 6.23. The van der Waals surface area contributed by atoms with Crippen LogP contribution >= 0.6 is 8.15 Å². The maximum atomic E-state index is 5.63. The Balaban J connectivity index is 3.28. The van der Waals surface area contributed by atoms with Gasteiger partial charge in [0, 0.05) is 8.15 Å². The predicted molar refractivity (Wildman–Crippen MR) is 53.4 cm³/mol. The Labute approximate surface area is 72.4 Å². The zero-order valence-electron chi connectivity index (χ0n) is 8.48. The molecule has 0 aromatic carbocycles. The van der Waals surface area contributed by atoms with Crippen LogP contribution in [0.2, 0.25) is 0 Å². The molecule has 0 radical (unpaired) electrons. The third kappa shape index (κ3) is 8.29. The lowest BCUT2D eigenvalue weighted by Crippen LogP contribution is -2.08. The molecule has 1 nitrogen and oxygen atoms in total. The van der Waals surface area contributed by atoms with E-state index in [-0.39, 0.29) is 8.15 Å². The fourth-order valence-corrected chi connectivity index (χ4v) is 1.18. The summed E-state index contributed by atoms with van der Waals surface area (Å²) < 4.78 is 5.63. The van der Waals surface area contributed by atoms with Gasteiger partial charge in [-0.25, -0.2) is 0 Å². The van der Waals surface area contributed by atoms with Crippen molar-refractivity contribution in [3.8, 4) is 0 Å². The van der Waals surface area contributed by atoms with Crippen molar-refractivity contribution in [1.82, 2.24) is 0 Å². The topological polar surface area (TPSA) is 9.23 Å². The molecule has 0 heterocycles. The minimum absolute atomic E-state index is 0.131. The summed E-state index contributed by atoms with van der Waals surface area (Å²) in [7, 11) is -0.131. The van der Waals surface area contributed by atoms with Gasteiger partial charge in [0.1, 0.15) is 0 Å². The number of hydrogen-bond acceptors (Lipinski definition) is 1. The molecule has 0 bridgehead atoms. The van der Waals surface area contributed by atoms with E-state index < -0.39 is 0 Å². The van der Waals surface area contributed by atoms with Crippen LogP contribution in [0, 0.1) is 5.41 Å². The van der Waals surface area contributed by atoms with E-state index in [1.807, 2.05) is 0 Å². The Morgan fingerprint density at radius 2 is 1.82 bits per heavy atom. The number of rotatable bonds is 4. The maximum Gasteiger partial charge on any atom is 0.0513 e. The molecule has 0 fully saturated rings. The second kappa shape index (κ2) is 5.11. The van der Waals surface area contributed by atoms with Crippen LogP contribution in [0.15, 0.2) is 0 Å². The Morgan fingerprint density at radius 1 is 1.27 bits per heavy atom. The third-order valence-electron chi connectivity index (χ3n) is 1.61. The van der Waals surface area contributed by atoms with E-state index in [0.717, 1.165) is 6.61 Å². The van der Waals surface area contributed by atoms with E-state index >= 15 is 0 Å². The van der Waals surface area contributed by atoms with Gasteiger partial charge in [0.15, 0.2) is 0 Å². The minimum Gasteiger partial charge on any atom is -0.359 e. The Morgan fingerprint density at radius 3 is 2.18 bits per heavy atom. The zero-order valence-corrected chi connectivity index (χ0v) is 9.37. The van der Waals surface area contributed by atoms with Crippen molar-refractivity contribution >= 4 is 8.15 Å². The van der Waals surface area contributed by atoms with Gasteiger partial charge < -0.3 is 4.52 Å². The van der Waals surface area contributed by atoms with Crippen molar-refractivity contribution in [1.29, 1.82) is 0 Å². The Kier molecular flexibility index (Phi) is 5.29. The molecule has 0 saturated heterocycles. The van der Waals surface area contributed by atoms with Crippen LogP contribution in [0.25, 0.3) is 0 Å². The van der Waals surface area contributed by atoms with Crippen LogP contribution in [0.5, 0.6) is 0 Å². The van der Waals surface area contributed by atoms with E-state index in [2.05, 4.69) is 34.4 Å². The van der Waals surface area contributed by atoms with E-state index in [1.54, 1.807) is 0 Å². The highest BCUT2D eigenvalue weighted by atomic mass is 31.1. The molecule has 2 heteroatoms. The molecular formula is C9H21OP. The van der Waals surface area contributed by atoms with Crippen LogP contribution < -0.4 is 0 Å². The highest BCUT2D eigenvalue weighted by molar-refractivity contribution is 7.51. The van der Waals surface area contributed by atoms with Crippen molar-refractivity contribution in [3.05, 3.63) is 0 Å². The Bertz CT molecular complexity index is 96.2. The highest BCUT2D eigenvalue weighted by Crippen LogP contribution is 2.32. The quantitative estimate of drug-likeness (QED) is 0.596. The molecular weight excluding hydrogens is 155 g/mol. The molecule has 68 valence electrons. The van der Waals surface area contributed by atoms with Gasteiger partial charge in [-0.2, -0.15) is 0 Å². The van der Waals surface area contributed by atoms with Gasteiger partial charge in [-0.05, 0) is 24.7 Å². The summed E-state index contributed by atoms with van der Waals surface area (Å²) in [5, 5.41) is 0. The normalized spacial score (nSPS) is 15.0. The zero-order chi connectivity index (χ0) is 8.91. The second-order valence-electron chi connectivity index (χ2n) is 4.09. The highest BCUT2D eigenvalue weighted by Gasteiger charge is 2.10. The molecule has 0 aromatic rings. The average molecular weight is 176 g/mol. The standard InChI is InChI=1S/C9H21OP/c1-6-11(5)10-8-7-9(2,3)4/h6-8H2,1-5H3. The largest absolute Gasteiger partial charge is 0.359 e. The summed E-state index contributed by atoms with van der Waals surface area (Å²) in [5.74, 6) is 0. The summed E-state index contributed by atoms with van der Waals surface area (Å²) in [4.78, 5) is 0. The van der Waals surface area contributed by atoms with Gasteiger partial charge in [0.25, 0.3) is 0 Å². The molecule has 0 amide bonds. The van der Waals surface area contributed by atoms with Crippen LogP contribution in [0.4, 0.5) is 0 Å². The van der Waals surface area contributed by atoms with Crippen LogP contribution in [-0.2, 0) is 4.52 Å². The van der Waals surface area contributed by atoms with Gasteiger partial charge in [0.05, 0.1) is 6.61 Å². The van der Waals surface area contributed by atoms with Crippen molar-refractivity contribution in [2.45, 2.75) is 34.1 Å². The molecule has 0 aliphatic heterocycles. The third-order valence-corrected chi connectivity index (χ3v) is 3.12. The van der Waals surface area contributed by atoms with Gasteiger partial charge in [-0.3, -0.25) is 0 Å². The lowest BCUT2D eigenvalue weighted by molar-refractivity contribution is 0.262. The average Bonchev–Trinajstić information content (AvgIpc) is 1.85. The fraction of sp³-hybridized carbons (Fsp3) is 1.00. The molecule has 0 spiro atoms. The first-order valence-corrected chi connectivity index (χ1v) is 6.19. The van der Waals surface area contributed by atoms with Crippen molar-refractivity contribution in [3.63, 3.8) is 0 Å². The number of hydrogen-bond donors (Lipinski definition) is 0. The van der Waals surface area contributed by atoms with Gasteiger partial charge >= 0.3 is 0 Å². The Hall–Kier alpha value is 0.390. The van der Waals surface area contributed by atoms with E-state index in [1.165, 1.54) is 12.6 Å². The van der Waals surface area contributed by atoms with E-state index in [0.29, 0.717) is 5.41 Å². The lowest BCUT2D eigenvalue weighted by atomic mass is 9.93. The molecule has 0 rings (SSSR count). The molecule has 11 heavy (non-hydrogen) atoms. The van der Waals surface area contributed by atoms with Gasteiger partial charge in [-0.15, -0.1) is 0 Å². The van der Waals surface area contributed by atoms with Crippen molar-refractivity contribution in [2.75, 3.05) is 19.4 Å².